The molecule has 0 bridgehead atoms. The zero-order valence-electron chi connectivity index (χ0n) is 10.7. The zero-order valence-corrected chi connectivity index (χ0v) is 11.5. The van der Waals surface area contributed by atoms with Crippen molar-refractivity contribution in [1.82, 2.24) is 10.3 Å². The monoisotopic (exact) mass is 254 g/mol. The molecule has 0 unspecified atom stereocenters. The minimum atomic E-state index is -0.0458. The van der Waals surface area contributed by atoms with Gasteiger partial charge in [-0.1, -0.05) is 0 Å². The summed E-state index contributed by atoms with van der Waals surface area (Å²) in [6.45, 7) is 6.14. The van der Waals surface area contributed by atoms with E-state index in [1.165, 1.54) is 9.88 Å². The molecule has 96 valence electrons. The SMILES string of the molecule is Cc1nc(CNCC2CCC(O)CC2)sc1C. The van der Waals surface area contributed by atoms with Crippen LogP contribution in [0, 0.1) is 19.8 Å². The second kappa shape index (κ2) is 5.94. The highest BCUT2D eigenvalue weighted by atomic mass is 32.1. The van der Waals surface area contributed by atoms with Crippen molar-refractivity contribution in [3.05, 3.63) is 15.6 Å². The molecule has 17 heavy (non-hydrogen) atoms. The molecule has 1 fully saturated rings. The van der Waals surface area contributed by atoms with Crippen molar-refractivity contribution in [3.8, 4) is 0 Å². The third-order valence-corrected chi connectivity index (χ3v) is 4.67. The van der Waals surface area contributed by atoms with Crippen molar-refractivity contribution < 1.29 is 5.11 Å². The van der Waals surface area contributed by atoms with E-state index in [4.69, 9.17) is 0 Å². The maximum absolute atomic E-state index is 9.43. The Balaban J connectivity index is 1.69. The molecule has 3 nitrogen and oxygen atoms in total. The van der Waals surface area contributed by atoms with Crippen LogP contribution >= 0.6 is 11.3 Å². The van der Waals surface area contributed by atoms with Crippen molar-refractivity contribution in [2.45, 2.75) is 52.2 Å². The lowest BCUT2D eigenvalue weighted by Crippen LogP contribution is -2.27. The molecular formula is C13H22N2OS. The Hall–Kier alpha value is -0.450. The second-order valence-electron chi connectivity index (χ2n) is 5.05. The number of nitrogens with one attached hydrogen (secondary N) is 1. The number of thiazole rings is 1. The van der Waals surface area contributed by atoms with Crippen LogP contribution in [-0.2, 0) is 6.54 Å². The third-order valence-electron chi connectivity index (χ3n) is 3.60. The van der Waals surface area contributed by atoms with Crippen LogP contribution in [0.4, 0.5) is 0 Å². The average molecular weight is 254 g/mol. The fourth-order valence-electron chi connectivity index (χ4n) is 2.35. The molecular weight excluding hydrogens is 232 g/mol. The average Bonchev–Trinajstić information content (AvgIpc) is 2.61. The van der Waals surface area contributed by atoms with E-state index in [1.54, 1.807) is 11.3 Å². The Kier molecular flexibility index (Phi) is 4.54. The molecule has 0 atom stereocenters. The van der Waals surface area contributed by atoms with Crippen LogP contribution in [0.1, 0.15) is 41.3 Å². The van der Waals surface area contributed by atoms with E-state index in [-0.39, 0.29) is 6.10 Å². The second-order valence-corrected chi connectivity index (χ2v) is 6.34. The van der Waals surface area contributed by atoms with E-state index < -0.39 is 0 Å². The first kappa shape index (κ1) is 13.0. The summed E-state index contributed by atoms with van der Waals surface area (Å²) in [6.07, 6.45) is 4.22. The van der Waals surface area contributed by atoms with Gasteiger partial charge in [0.1, 0.15) is 5.01 Å². The van der Waals surface area contributed by atoms with Gasteiger partial charge in [0.2, 0.25) is 0 Å². The van der Waals surface area contributed by atoms with Crippen molar-refractivity contribution in [2.24, 2.45) is 5.92 Å². The Morgan fingerprint density at radius 3 is 2.59 bits per heavy atom. The van der Waals surface area contributed by atoms with Crippen LogP contribution < -0.4 is 5.32 Å². The standard InChI is InChI=1S/C13H22N2OS/c1-9-10(2)17-13(15-9)8-14-7-11-3-5-12(16)6-4-11/h11-12,14,16H,3-8H2,1-2H3. The van der Waals surface area contributed by atoms with Crippen molar-refractivity contribution in [2.75, 3.05) is 6.54 Å². The summed E-state index contributed by atoms with van der Waals surface area (Å²) in [5, 5.41) is 14.1. The number of aliphatic hydroxyl groups excluding tert-OH is 1. The van der Waals surface area contributed by atoms with Gasteiger partial charge in [-0.25, -0.2) is 4.98 Å². The number of rotatable bonds is 4. The van der Waals surface area contributed by atoms with Gasteiger partial charge in [0, 0.05) is 11.4 Å². The Morgan fingerprint density at radius 2 is 2.00 bits per heavy atom. The van der Waals surface area contributed by atoms with Gasteiger partial charge in [0.15, 0.2) is 0 Å². The molecule has 0 saturated heterocycles. The topological polar surface area (TPSA) is 45.2 Å². The van der Waals surface area contributed by atoms with E-state index in [0.29, 0.717) is 0 Å². The van der Waals surface area contributed by atoms with Gasteiger partial charge in [-0.2, -0.15) is 0 Å². The quantitative estimate of drug-likeness (QED) is 0.867. The van der Waals surface area contributed by atoms with Crippen molar-refractivity contribution in [3.63, 3.8) is 0 Å². The molecule has 1 heterocycles. The molecule has 1 aliphatic carbocycles. The highest BCUT2D eigenvalue weighted by Crippen LogP contribution is 2.23. The summed E-state index contributed by atoms with van der Waals surface area (Å²) in [6, 6.07) is 0. The van der Waals surface area contributed by atoms with Crippen LogP contribution in [0.3, 0.4) is 0 Å². The highest BCUT2D eigenvalue weighted by Gasteiger charge is 2.18. The lowest BCUT2D eigenvalue weighted by Gasteiger charge is -2.25. The van der Waals surface area contributed by atoms with E-state index >= 15 is 0 Å². The molecule has 1 aromatic heterocycles. The van der Waals surface area contributed by atoms with Gasteiger partial charge in [0.25, 0.3) is 0 Å². The predicted molar refractivity (Wildman–Crippen MR) is 71.3 cm³/mol. The van der Waals surface area contributed by atoms with Crippen LogP contribution in [0.15, 0.2) is 0 Å². The number of hydrogen-bond acceptors (Lipinski definition) is 4. The number of aromatic nitrogens is 1. The molecule has 0 spiro atoms. The summed E-state index contributed by atoms with van der Waals surface area (Å²) >= 11 is 1.79. The number of nitrogens with zero attached hydrogens (tertiary/aromatic N) is 1. The van der Waals surface area contributed by atoms with Gasteiger partial charge in [-0.3, -0.25) is 0 Å². The fraction of sp³-hybridized carbons (Fsp3) is 0.769. The van der Waals surface area contributed by atoms with Gasteiger partial charge in [0.05, 0.1) is 11.8 Å². The van der Waals surface area contributed by atoms with E-state index in [9.17, 15) is 5.11 Å². The first-order chi connectivity index (χ1) is 8.15. The van der Waals surface area contributed by atoms with Crippen LogP contribution in [0.25, 0.3) is 0 Å². The fourth-order valence-corrected chi connectivity index (χ4v) is 3.25. The van der Waals surface area contributed by atoms with E-state index in [0.717, 1.165) is 50.4 Å². The van der Waals surface area contributed by atoms with Crippen LogP contribution in [0.5, 0.6) is 0 Å². The third kappa shape index (κ3) is 3.76. The van der Waals surface area contributed by atoms with Gasteiger partial charge in [-0.15, -0.1) is 11.3 Å². The lowest BCUT2D eigenvalue weighted by molar-refractivity contribution is 0.108. The Bertz CT molecular complexity index is 337. The molecule has 0 amide bonds. The minimum absolute atomic E-state index is 0.0458. The Labute approximate surface area is 107 Å². The maximum atomic E-state index is 9.43. The molecule has 0 aromatic carbocycles. The van der Waals surface area contributed by atoms with E-state index in [2.05, 4.69) is 24.1 Å². The van der Waals surface area contributed by atoms with E-state index in [1.807, 2.05) is 0 Å². The van der Waals surface area contributed by atoms with Gasteiger partial charge in [-0.05, 0) is 52.0 Å². The summed E-state index contributed by atoms with van der Waals surface area (Å²) in [5.41, 5.74) is 1.16. The number of aliphatic hydroxyl groups is 1. The number of aryl methyl sites for hydroxylation is 2. The molecule has 2 N–H and O–H groups in total. The van der Waals surface area contributed by atoms with Crippen molar-refractivity contribution in [1.29, 1.82) is 0 Å². The molecule has 4 heteroatoms. The summed E-state index contributed by atoms with van der Waals surface area (Å²) in [5.74, 6) is 0.737. The molecule has 2 rings (SSSR count). The zero-order chi connectivity index (χ0) is 12.3. The smallest absolute Gasteiger partial charge is 0.107 e. The molecule has 1 aromatic rings. The maximum Gasteiger partial charge on any atom is 0.107 e. The summed E-state index contributed by atoms with van der Waals surface area (Å²) in [7, 11) is 0. The first-order valence-corrected chi connectivity index (χ1v) is 7.28. The van der Waals surface area contributed by atoms with Gasteiger partial charge >= 0.3 is 0 Å². The molecule has 1 saturated carbocycles. The highest BCUT2D eigenvalue weighted by molar-refractivity contribution is 7.11. The molecule has 0 aliphatic heterocycles. The van der Waals surface area contributed by atoms with Crippen molar-refractivity contribution >= 4 is 11.3 Å². The van der Waals surface area contributed by atoms with Crippen LogP contribution in [-0.4, -0.2) is 22.7 Å². The lowest BCUT2D eigenvalue weighted by atomic mass is 9.87. The minimum Gasteiger partial charge on any atom is -0.393 e. The molecule has 1 aliphatic rings. The normalized spacial score (nSPS) is 25.1. The van der Waals surface area contributed by atoms with Gasteiger partial charge < -0.3 is 10.4 Å². The number of hydrogen-bond donors (Lipinski definition) is 2. The predicted octanol–water partition coefficient (Wildman–Crippen LogP) is 2.40. The summed E-state index contributed by atoms with van der Waals surface area (Å²) in [4.78, 5) is 5.84. The Morgan fingerprint density at radius 1 is 1.29 bits per heavy atom. The summed E-state index contributed by atoms with van der Waals surface area (Å²) < 4.78 is 0. The van der Waals surface area contributed by atoms with Crippen LogP contribution in [0.2, 0.25) is 0 Å². The first-order valence-electron chi connectivity index (χ1n) is 6.47. The molecule has 0 radical (unpaired) electrons. The largest absolute Gasteiger partial charge is 0.393 e.